The summed E-state index contributed by atoms with van der Waals surface area (Å²) in [7, 11) is 0. The predicted molar refractivity (Wildman–Crippen MR) is 57.7 cm³/mol. The van der Waals surface area contributed by atoms with Gasteiger partial charge in [-0.05, 0) is 24.5 Å². The van der Waals surface area contributed by atoms with E-state index in [1.165, 1.54) is 24.8 Å². The number of hydrogen-bond acceptors (Lipinski definition) is 3. The Kier molecular flexibility index (Phi) is 5.33. The van der Waals surface area contributed by atoms with Crippen LogP contribution in [0.1, 0.15) is 38.2 Å². The maximum Gasteiger partial charge on any atom is 0.0935 e. The highest BCUT2D eigenvalue weighted by molar-refractivity contribution is 5.07. The van der Waals surface area contributed by atoms with Crippen molar-refractivity contribution in [3.05, 3.63) is 24.2 Å². The minimum Gasteiger partial charge on any atom is -0.472 e. The quantitative estimate of drug-likeness (QED) is 0.399. The monoisotopic (exact) mass is 196 g/mol. The minimum absolute atomic E-state index is 0.374. The second-order valence-corrected chi connectivity index (χ2v) is 3.70. The maximum absolute atomic E-state index is 5.49. The molecule has 1 unspecified atom stereocenters. The zero-order chi connectivity index (χ0) is 10.2. The number of rotatable bonds is 7. The minimum atomic E-state index is 0.374. The topological polar surface area (TPSA) is 51.2 Å². The number of furan rings is 1. The molecule has 0 aromatic carbocycles. The second kappa shape index (κ2) is 6.62. The Balaban J connectivity index is 2.24. The molecule has 0 saturated carbocycles. The molecule has 3 N–H and O–H groups in total. The van der Waals surface area contributed by atoms with Gasteiger partial charge in [-0.1, -0.05) is 26.2 Å². The van der Waals surface area contributed by atoms with Gasteiger partial charge in [0.05, 0.1) is 12.5 Å². The molecule has 1 atom stereocenters. The van der Waals surface area contributed by atoms with E-state index < -0.39 is 0 Å². The predicted octanol–water partition coefficient (Wildman–Crippen LogP) is 2.23. The molecule has 0 bridgehead atoms. The molecular weight excluding hydrogens is 176 g/mol. The normalized spacial score (nSPS) is 13.0. The van der Waals surface area contributed by atoms with Gasteiger partial charge >= 0.3 is 0 Å². The molecule has 0 fully saturated rings. The van der Waals surface area contributed by atoms with Crippen LogP contribution in [0.15, 0.2) is 23.0 Å². The third kappa shape index (κ3) is 3.94. The van der Waals surface area contributed by atoms with Crippen LogP contribution in [0.3, 0.4) is 0 Å². The van der Waals surface area contributed by atoms with Crippen LogP contribution in [0.2, 0.25) is 0 Å². The fourth-order valence-corrected chi connectivity index (χ4v) is 1.58. The SMILES string of the molecule is CCCCCC(Cc1ccoc1)NN. The van der Waals surface area contributed by atoms with Gasteiger partial charge in [-0.25, -0.2) is 0 Å². The van der Waals surface area contributed by atoms with Crippen LogP contribution < -0.4 is 11.3 Å². The summed E-state index contributed by atoms with van der Waals surface area (Å²) >= 11 is 0. The number of nitrogens with two attached hydrogens (primary N) is 1. The van der Waals surface area contributed by atoms with Crippen molar-refractivity contribution in [2.75, 3.05) is 0 Å². The molecule has 1 rings (SSSR count). The Morgan fingerprint density at radius 2 is 2.36 bits per heavy atom. The third-order valence-corrected chi connectivity index (χ3v) is 2.45. The van der Waals surface area contributed by atoms with E-state index in [0.717, 1.165) is 12.8 Å². The number of unbranched alkanes of at least 4 members (excludes halogenated alkanes) is 2. The van der Waals surface area contributed by atoms with Gasteiger partial charge in [-0.15, -0.1) is 0 Å². The smallest absolute Gasteiger partial charge is 0.0935 e. The fourth-order valence-electron chi connectivity index (χ4n) is 1.58. The molecule has 1 aromatic heterocycles. The first-order valence-corrected chi connectivity index (χ1v) is 5.34. The Hall–Kier alpha value is -0.800. The summed E-state index contributed by atoms with van der Waals surface area (Å²) in [5, 5.41) is 0. The third-order valence-electron chi connectivity index (χ3n) is 2.45. The Morgan fingerprint density at radius 3 is 2.93 bits per heavy atom. The van der Waals surface area contributed by atoms with E-state index in [-0.39, 0.29) is 0 Å². The zero-order valence-corrected chi connectivity index (χ0v) is 8.83. The second-order valence-electron chi connectivity index (χ2n) is 3.70. The Bertz CT molecular complexity index is 221. The summed E-state index contributed by atoms with van der Waals surface area (Å²) in [6.07, 6.45) is 9.35. The fraction of sp³-hybridized carbons (Fsp3) is 0.636. The van der Waals surface area contributed by atoms with Gasteiger partial charge in [0.15, 0.2) is 0 Å². The van der Waals surface area contributed by atoms with Gasteiger partial charge < -0.3 is 4.42 Å². The van der Waals surface area contributed by atoms with E-state index in [1.54, 1.807) is 12.5 Å². The van der Waals surface area contributed by atoms with Crippen LogP contribution in [0.25, 0.3) is 0 Å². The van der Waals surface area contributed by atoms with Gasteiger partial charge in [-0.3, -0.25) is 11.3 Å². The zero-order valence-electron chi connectivity index (χ0n) is 8.83. The molecular formula is C11H20N2O. The molecule has 0 aliphatic carbocycles. The molecule has 3 heteroatoms. The molecule has 0 saturated heterocycles. The van der Waals surface area contributed by atoms with E-state index in [9.17, 15) is 0 Å². The van der Waals surface area contributed by atoms with E-state index in [1.807, 2.05) is 6.07 Å². The first-order chi connectivity index (χ1) is 6.86. The highest BCUT2D eigenvalue weighted by Gasteiger charge is 2.07. The summed E-state index contributed by atoms with van der Waals surface area (Å²) in [5.41, 5.74) is 4.07. The molecule has 14 heavy (non-hydrogen) atoms. The number of hydrazine groups is 1. The average molecular weight is 196 g/mol. The standard InChI is InChI=1S/C11H20N2O/c1-2-3-4-5-11(13-12)8-10-6-7-14-9-10/h6-7,9,11,13H,2-5,8,12H2,1H3. The highest BCUT2D eigenvalue weighted by atomic mass is 16.3. The van der Waals surface area contributed by atoms with Gasteiger partial charge in [0.25, 0.3) is 0 Å². The maximum atomic E-state index is 5.49. The summed E-state index contributed by atoms with van der Waals surface area (Å²) in [5.74, 6) is 5.49. The van der Waals surface area contributed by atoms with Crippen molar-refractivity contribution < 1.29 is 4.42 Å². The summed E-state index contributed by atoms with van der Waals surface area (Å²) in [4.78, 5) is 0. The van der Waals surface area contributed by atoms with Crippen LogP contribution in [0.5, 0.6) is 0 Å². The number of hydrogen-bond donors (Lipinski definition) is 2. The van der Waals surface area contributed by atoms with Crippen LogP contribution in [-0.2, 0) is 6.42 Å². The lowest BCUT2D eigenvalue weighted by molar-refractivity contribution is 0.464. The highest BCUT2D eigenvalue weighted by Crippen LogP contribution is 2.09. The van der Waals surface area contributed by atoms with Gasteiger partial charge in [0.2, 0.25) is 0 Å². The van der Waals surface area contributed by atoms with Crippen molar-refractivity contribution in [3.63, 3.8) is 0 Å². The van der Waals surface area contributed by atoms with Gasteiger partial charge in [0, 0.05) is 6.04 Å². The lowest BCUT2D eigenvalue weighted by Gasteiger charge is -2.14. The largest absolute Gasteiger partial charge is 0.472 e. The van der Waals surface area contributed by atoms with Crippen LogP contribution in [0.4, 0.5) is 0 Å². The average Bonchev–Trinajstić information content (AvgIpc) is 2.69. The van der Waals surface area contributed by atoms with Crippen molar-refractivity contribution >= 4 is 0 Å². The first kappa shape index (κ1) is 11.3. The van der Waals surface area contributed by atoms with Crippen molar-refractivity contribution in [3.8, 4) is 0 Å². The van der Waals surface area contributed by atoms with E-state index in [4.69, 9.17) is 10.3 Å². The molecule has 80 valence electrons. The lowest BCUT2D eigenvalue weighted by atomic mass is 10.0. The summed E-state index contributed by atoms with van der Waals surface area (Å²) in [6.45, 7) is 2.21. The first-order valence-electron chi connectivity index (χ1n) is 5.34. The van der Waals surface area contributed by atoms with Crippen molar-refractivity contribution in [1.82, 2.24) is 5.43 Å². The summed E-state index contributed by atoms with van der Waals surface area (Å²) in [6, 6.07) is 2.36. The Morgan fingerprint density at radius 1 is 1.50 bits per heavy atom. The van der Waals surface area contributed by atoms with E-state index >= 15 is 0 Å². The van der Waals surface area contributed by atoms with Gasteiger partial charge in [0.1, 0.15) is 0 Å². The lowest BCUT2D eigenvalue weighted by Crippen LogP contribution is -2.36. The van der Waals surface area contributed by atoms with Crippen LogP contribution in [-0.4, -0.2) is 6.04 Å². The van der Waals surface area contributed by atoms with Crippen molar-refractivity contribution in [1.29, 1.82) is 0 Å². The summed E-state index contributed by atoms with van der Waals surface area (Å²) < 4.78 is 5.02. The van der Waals surface area contributed by atoms with E-state index in [0.29, 0.717) is 6.04 Å². The molecule has 0 aliphatic heterocycles. The molecule has 0 spiro atoms. The van der Waals surface area contributed by atoms with E-state index in [2.05, 4.69) is 12.3 Å². The van der Waals surface area contributed by atoms with Crippen molar-refractivity contribution in [2.24, 2.45) is 5.84 Å². The molecule has 1 aromatic rings. The van der Waals surface area contributed by atoms with Crippen LogP contribution in [0, 0.1) is 0 Å². The number of nitrogens with one attached hydrogen (secondary N) is 1. The molecule has 0 radical (unpaired) electrons. The van der Waals surface area contributed by atoms with Crippen LogP contribution >= 0.6 is 0 Å². The van der Waals surface area contributed by atoms with Gasteiger partial charge in [-0.2, -0.15) is 0 Å². The molecule has 3 nitrogen and oxygen atoms in total. The molecule has 0 amide bonds. The Labute approximate surface area is 85.6 Å². The molecule has 0 aliphatic rings. The van der Waals surface area contributed by atoms with Crippen molar-refractivity contribution in [2.45, 2.75) is 45.1 Å². The molecule has 1 heterocycles.